The molecule has 0 atom stereocenters. The van der Waals surface area contributed by atoms with Crippen LogP contribution >= 0.6 is 0 Å². The fourth-order valence-corrected chi connectivity index (χ4v) is 1.11. The van der Waals surface area contributed by atoms with E-state index in [0.29, 0.717) is 11.1 Å². The number of rotatable bonds is 1. The average molecular weight is 175 g/mol. The predicted octanol–water partition coefficient (Wildman–Crippen LogP) is 1.77. The first-order chi connectivity index (χ1) is 6.06. The maximum absolute atomic E-state index is 11.0. The van der Waals surface area contributed by atoms with Crippen LogP contribution in [-0.4, -0.2) is 10.9 Å². The van der Waals surface area contributed by atoms with Crippen molar-refractivity contribution in [2.24, 2.45) is 0 Å². The Morgan fingerprint density at radius 1 is 1.54 bits per heavy atom. The van der Waals surface area contributed by atoms with Gasteiger partial charge < -0.3 is 5.11 Å². The number of aromatic hydroxyl groups is 1. The highest BCUT2D eigenvalue weighted by molar-refractivity contribution is 5.97. The van der Waals surface area contributed by atoms with Gasteiger partial charge in [0.15, 0.2) is 5.78 Å². The van der Waals surface area contributed by atoms with Gasteiger partial charge in [-0.05, 0) is 31.5 Å². The lowest BCUT2D eigenvalue weighted by molar-refractivity contribution is 0.101. The Balaban J connectivity index is 3.44. The van der Waals surface area contributed by atoms with E-state index in [1.807, 2.05) is 6.07 Å². The summed E-state index contributed by atoms with van der Waals surface area (Å²) in [5.41, 5.74) is 1.14. The van der Waals surface area contributed by atoms with E-state index < -0.39 is 0 Å². The second-order valence-electron chi connectivity index (χ2n) is 2.86. The number of nitrogens with zero attached hydrogens (tertiary/aromatic N) is 1. The largest absolute Gasteiger partial charge is 0.507 e. The third-order valence-electron chi connectivity index (χ3n) is 1.81. The molecular formula is C10H9NO2. The number of carbonyl (C=O) groups excluding carboxylic acids is 1. The zero-order valence-corrected chi connectivity index (χ0v) is 7.46. The topological polar surface area (TPSA) is 61.1 Å². The number of carbonyl (C=O) groups is 1. The predicted molar refractivity (Wildman–Crippen MR) is 47.6 cm³/mol. The van der Waals surface area contributed by atoms with Gasteiger partial charge in [0.1, 0.15) is 5.75 Å². The maximum atomic E-state index is 11.0. The van der Waals surface area contributed by atoms with Crippen LogP contribution in [0.4, 0.5) is 0 Å². The van der Waals surface area contributed by atoms with Gasteiger partial charge >= 0.3 is 0 Å². The zero-order chi connectivity index (χ0) is 10.0. The minimum Gasteiger partial charge on any atom is -0.507 e. The average Bonchev–Trinajstić information content (AvgIpc) is 2.09. The highest BCUT2D eigenvalue weighted by Crippen LogP contribution is 2.23. The van der Waals surface area contributed by atoms with Crippen molar-refractivity contribution in [2.45, 2.75) is 13.8 Å². The molecule has 0 aliphatic carbocycles. The van der Waals surface area contributed by atoms with E-state index in [0.717, 1.165) is 0 Å². The van der Waals surface area contributed by atoms with Crippen molar-refractivity contribution < 1.29 is 9.90 Å². The number of nitriles is 1. The number of benzene rings is 1. The van der Waals surface area contributed by atoms with Gasteiger partial charge in [-0.3, -0.25) is 4.79 Å². The number of phenols is 1. The third kappa shape index (κ3) is 1.67. The van der Waals surface area contributed by atoms with Crippen molar-refractivity contribution in [1.82, 2.24) is 0 Å². The van der Waals surface area contributed by atoms with Crippen molar-refractivity contribution >= 4 is 5.78 Å². The molecule has 13 heavy (non-hydrogen) atoms. The van der Waals surface area contributed by atoms with Gasteiger partial charge in [-0.2, -0.15) is 5.26 Å². The number of Topliss-reactive ketones (excluding diaryl/α,β-unsaturated/α-hetero) is 1. The van der Waals surface area contributed by atoms with Crippen molar-refractivity contribution in [2.75, 3.05) is 0 Å². The molecule has 3 heteroatoms. The van der Waals surface area contributed by atoms with Gasteiger partial charge in [0.05, 0.1) is 17.2 Å². The summed E-state index contributed by atoms with van der Waals surface area (Å²) in [6.07, 6.45) is 0. The molecule has 0 saturated heterocycles. The second-order valence-corrected chi connectivity index (χ2v) is 2.86. The molecule has 0 aromatic heterocycles. The van der Waals surface area contributed by atoms with Crippen molar-refractivity contribution in [3.8, 4) is 11.8 Å². The molecule has 1 aromatic carbocycles. The van der Waals surface area contributed by atoms with Crippen LogP contribution in [0.15, 0.2) is 12.1 Å². The van der Waals surface area contributed by atoms with E-state index in [2.05, 4.69) is 0 Å². The lowest BCUT2D eigenvalue weighted by Gasteiger charge is -2.04. The zero-order valence-electron chi connectivity index (χ0n) is 7.46. The van der Waals surface area contributed by atoms with Crippen LogP contribution in [0.3, 0.4) is 0 Å². The summed E-state index contributed by atoms with van der Waals surface area (Å²) in [5, 5.41) is 18.1. The van der Waals surface area contributed by atoms with Crippen LogP contribution in [0.25, 0.3) is 0 Å². The number of ketones is 1. The molecule has 0 bridgehead atoms. The Hall–Kier alpha value is -1.82. The number of hydrogen-bond donors (Lipinski definition) is 1. The monoisotopic (exact) mass is 175 g/mol. The highest BCUT2D eigenvalue weighted by atomic mass is 16.3. The van der Waals surface area contributed by atoms with Gasteiger partial charge in [-0.15, -0.1) is 0 Å². The Labute approximate surface area is 76.2 Å². The minimum atomic E-state index is -0.238. The van der Waals surface area contributed by atoms with E-state index >= 15 is 0 Å². The molecule has 3 nitrogen and oxygen atoms in total. The Kier molecular flexibility index (Phi) is 2.34. The molecule has 0 unspecified atom stereocenters. The molecule has 1 rings (SSSR count). The first-order valence-electron chi connectivity index (χ1n) is 3.81. The third-order valence-corrected chi connectivity index (χ3v) is 1.81. The quantitative estimate of drug-likeness (QED) is 0.661. The van der Waals surface area contributed by atoms with Crippen LogP contribution in [0, 0.1) is 18.3 Å². The van der Waals surface area contributed by atoms with Crippen molar-refractivity contribution in [3.63, 3.8) is 0 Å². The molecule has 66 valence electrons. The summed E-state index contributed by atoms with van der Waals surface area (Å²) in [6.45, 7) is 3.01. The molecule has 1 aromatic rings. The van der Waals surface area contributed by atoms with Gasteiger partial charge in [0.2, 0.25) is 0 Å². The Morgan fingerprint density at radius 2 is 2.15 bits per heavy atom. The standard InChI is InChI=1S/C10H9NO2/c1-6-3-8(5-11)4-9(7(2)12)10(6)13/h3-4,13H,1-2H3. The fourth-order valence-electron chi connectivity index (χ4n) is 1.11. The number of phenolic OH excluding ortho intramolecular Hbond substituents is 1. The summed E-state index contributed by atoms with van der Waals surface area (Å²) in [6, 6.07) is 4.86. The van der Waals surface area contributed by atoms with E-state index in [1.165, 1.54) is 13.0 Å². The normalized spacial score (nSPS) is 9.31. The molecule has 0 spiro atoms. The fraction of sp³-hybridized carbons (Fsp3) is 0.200. The molecule has 0 fully saturated rings. The SMILES string of the molecule is CC(=O)c1cc(C#N)cc(C)c1O. The van der Waals surface area contributed by atoms with Crippen LogP contribution in [0.1, 0.15) is 28.4 Å². The van der Waals surface area contributed by atoms with Crippen LogP contribution in [-0.2, 0) is 0 Å². The Bertz CT molecular complexity index is 402. The molecule has 0 amide bonds. The minimum absolute atomic E-state index is 0.0356. The lowest BCUT2D eigenvalue weighted by Crippen LogP contribution is -1.95. The molecule has 0 saturated carbocycles. The first kappa shape index (κ1) is 9.27. The summed E-state index contributed by atoms with van der Waals surface area (Å²) in [5.74, 6) is -0.274. The van der Waals surface area contributed by atoms with E-state index in [-0.39, 0.29) is 17.1 Å². The molecule has 0 heterocycles. The molecular weight excluding hydrogens is 166 g/mol. The van der Waals surface area contributed by atoms with Gasteiger partial charge in [-0.1, -0.05) is 0 Å². The van der Waals surface area contributed by atoms with Gasteiger partial charge in [0, 0.05) is 0 Å². The van der Waals surface area contributed by atoms with E-state index in [4.69, 9.17) is 5.26 Å². The van der Waals surface area contributed by atoms with E-state index in [9.17, 15) is 9.90 Å². The van der Waals surface area contributed by atoms with Crippen LogP contribution in [0.2, 0.25) is 0 Å². The summed E-state index contributed by atoms with van der Waals surface area (Å²) < 4.78 is 0. The molecule has 0 radical (unpaired) electrons. The summed E-state index contributed by atoms with van der Waals surface area (Å²) in [4.78, 5) is 11.0. The number of hydrogen-bond acceptors (Lipinski definition) is 3. The maximum Gasteiger partial charge on any atom is 0.163 e. The summed E-state index contributed by atoms with van der Waals surface area (Å²) >= 11 is 0. The molecule has 0 aliphatic heterocycles. The van der Waals surface area contributed by atoms with Crippen molar-refractivity contribution in [3.05, 3.63) is 28.8 Å². The van der Waals surface area contributed by atoms with Crippen molar-refractivity contribution in [1.29, 1.82) is 5.26 Å². The van der Waals surface area contributed by atoms with Gasteiger partial charge in [-0.25, -0.2) is 0 Å². The second kappa shape index (κ2) is 3.28. The molecule has 1 N–H and O–H groups in total. The lowest BCUT2D eigenvalue weighted by atomic mass is 10.0. The van der Waals surface area contributed by atoms with E-state index in [1.54, 1.807) is 13.0 Å². The smallest absolute Gasteiger partial charge is 0.163 e. The first-order valence-corrected chi connectivity index (χ1v) is 3.81. The summed E-state index contributed by atoms with van der Waals surface area (Å²) in [7, 11) is 0. The highest BCUT2D eigenvalue weighted by Gasteiger charge is 2.10. The Morgan fingerprint density at radius 3 is 2.62 bits per heavy atom. The molecule has 0 aliphatic rings. The van der Waals surface area contributed by atoms with Crippen LogP contribution in [0.5, 0.6) is 5.75 Å². The van der Waals surface area contributed by atoms with Crippen LogP contribution < -0.4 is 0 Å². The number of aryl methyl sites for hydroxylation is 1. The van der Waals surface area contributed by atoms with Gasteiger partial charge in [0.25, 0.3) is 0 Å².